The van der Waals surface area contributed by atoms with E-state index < -0.39 is 23.8 Å². The van der Waals surface area contributed by atoms with Crippen molar-refractivity contribution in [3.8, 4) is 23.0 Å². The number of ether oxygens (including phenoxy) is 5. The molecule has 1 saturated carbocycles. The zero-order chi connectivity index (χ0) is 52.3. The molecule has 7 rings (SSSR count). The number of hydrogen-bond acceptors (Lipinski definition) is 11. The summed E-state index contributed by atoms with van der Waals surface area (Å²) >= 11 is 0. The van der Waals surface area contributed by atoms with Crippen molar-refractivity contribution in [3.63, 3.8) is 0 Å². The van der Waals surface area contributed by atoms with E-state index in [2.05, 4.69) is 55.2 Å². The monoisotopic (exact) mass is 1020 g/mol. The maximum atomic E-state index is 15.5. The third-order valence-electron chi connectivity index (χ3n) is 15.2. The Labute approximate surface area is 439 Å². The van der Waals surface area contributed by atoms with Crippen LogP contribution in [0.1, 0.15) is 140 Å². The third-order valence-corrected chi connectivity index (χ3v) is 15.2. The molecule has 4 aromatic carbocycles. The molecule has 1 heterocycles. The fourth-order valence-corrected chi connectivity index (χ4v) is 11.7. The zero-order valence-electron chi connectivity index (χ0n) is 44.4. The van der Waals surface area contributed by atoms with E-state index in [0.29, 0.717) is 67.5 Å². The number of unbranched alkanes of at least 4 members (excludes halogenated alkanes) is 10. The normalized spacial score (nSPS) is 21.2. The van der Waals surface area contributed by atoms with Gasteiger partial charge in [-0.3, -0.25) is 10.1 Å². The molecule has 400 valence electrons. The van der Waals surface area contributed by atoms with Gasteiger partial charge < -0.3 is 43.6 Å². The Morgan fingerprint density at radius 2 is 1.57 bits per heavy atom. The van der Waals surface area contributed by atoms with E-state index in [1.165, 1.54) is 39.2 Å². The number of benzene rings is 4. The molecule has 1 fully saturated rings. The van der Waals surface area contributed by atoms with Crippen molar-refractivity contribution in [2.75, 3.05) is 46.0 Å². The van der Waals surface area contributed by atoms with E-state index >= 15 is 4.79 Å². The van der Waals surface area contributed by atoms with E-state index in [1.807, 2.05) is 36.1 Å². The van der Waals surface area contributed by atoms with Gasteiger partial charge in [0.15, 0.2) is 0 Å². The second-order valence-corrected chi connectivity index (χ2v) is 20.0. The predicted octanol–water partition coefficient (Wildman–Crippen LogP) is 13.1. The van der Waals surface area contributed by atoms with E-state index in [9.17, 15) is 15.0 Å². The Morgan fingerprint density at radius 1 is 0.838 bits per heavy atom. The van der Waals surface area contributed by atoms with Gasteiger partial charge in [-0.2, -0.15) is 0 Å². The van der Waals surface area contributed by atoms with Gasteiger partial charge in [-0.25, -0.2) is 4.79 Å². The summed E-state index contributed by atoms with van der Waals surface area (Å²) < 4.78 is 31.8. The number of fused-ring (bicyclic) bond motifs is 3. The summed E-state index contributed by atoms with van der Waals surface area (Å²) in [6.07, 6.45) is 18.6. The van der Waals surface area contributed by atoms with Gasteiger partial charge in [0.1, 0.15) is 35.6 Å². The van der Waals surface area contributed by atoms with Gasteiger partial charge in [0.25, 0.3) is 0 Å². The lowest BCUT2D eigenvalue weighted by molar-refractivity contribution is -0.258. The number of aliphatic hydroxyl groups is 2. The molecule has 3 aliphatic rings. The van der Waals surface area contributed by atoms with Crippen LogP contribution in [0.5, 0.6) is 23.0 Å². The number of amides is 2. The van der Waals surface area contributed by atoms with Crippen LogP contribution in [-0.4, -0.2) is 85.3 Å². The van der Waals surface area contributed by atoms with Crippen LogP contribution in [0.15, 0.2) is 108 Å². The third kappa shape index (κ3) is 13.5. The number of oxime groups is 1. The average Bonchev–Trinajstić information content (AvgIpc) is 3.43. The number of nitrogens with one attached hydrogen (secondary N) is 1. The highest BCUT2D eigenvalue weighted by Gasteiger charge is 2.65. The maximum Gasteiger partial charge on any atom is 0.417 e. The lowest BCUT2D eigenvalue weighted by atomic mass is 9.55. The van der Waals surface area contributed by atoms with Gasteiger partial charge >= 0.3 is 6.09 Å². The van der Waals surface area contributed by atoms with Gasteiger partial charge in [0, 0.05) is 50.1 Å². The molecular formula is C61H81N3O10. The second kappa shape index (κ2) is 28.1. The first-order chi connectivity index (χ1) is 36.2. The van der Waals surface area contributed by atoms with E-state index in [-0.39, 0.29) is 43.5 Å². The highest BCUT2D eigenvalue weighted by molar-refractivity contribution is 6.03. The molecule has 74 heavy (non-hydrogen) atoms. The minimum absolute atomic E-state index is 0.0158. The molecule has 6 atom stereocenters. The summed E-state index contributed by atoms with van der Waals surface area (Å²) in [4.78, 5) is 37.3. The first-order valence-electron chi connectivity index (χ1n) is 27.4. The number of methoxy groups -OCH3 is 2. The molecule has 4 aromatic rings. The van der Waals surface area contributed by atoms with E-state index in [1.54, 1.807) is 37.5 Å². The zero-order valence-corrected chi connectivity index (χ0v) is 44.4. The highest BCUT2D eigenvalue weighted by atomic mass is 16.7. The summed E-state index contributed by atoms with van der Waals surface area (Å²) in [7, 11) is 3.08. The molecule has 2 amide bonds. The van der Waals surface area contributed by atoms with Gasteiger partial charge in [0.2, 0.25) is 11.7 Å². The first-order valence-corrected chi connectivity index (χ1v) is 27.4. The summed E-state index contributed by atoms with van der Waals surface area (Å²) in [5, 5.41) is 30.1. The van der Waals surface area contributed by atoms with Crippen LogP contribution in [0.4, 0.5) is 10.5 Å². The molecule has 1 aliphatic heterocycles. The standard InChI is InChI=1S/C61H81N3O10/c1-6-9-10-11-12-13-14-15-16-30-57(67)64(42-45-27-23-26-43-24-17-18-28-48(43)45)56-41-53(63-72-8-3)50-38-44(25-19-21-35-65)49(29-20-22-36-66)58-51-39-47(32-34-54(51)74-61(56,59(50)58)71-37-7-2)73-60(68)62-52-33-31-46(69-4)40-55(52)70-5/h7,17-18,23-24,26-28,31-34,38-40,44,49,56,58-59,65-66H,2,6,8-16,19-22,25,29-30,35-37,41-42H2,1,3-5H3,(H,62,68)/t44-,49+,56-,58+,59+,61+/m0/s1. The lowest BCUT2D eigenvalue weighted by Crippen LogP contribution is -2.70. The van der Waals surface area contributed by atoms with Gasteiger partial charge in [-0.1, -0.05) is 131 Å². The minimum atomic E-state index is -1.45. The maximum absolute atomic E-state index is 15.5. The van der Waals surface area contributed by atoms with Crippen LogP contribution in [0.25, 0.3) is 10.8 Å². The topological polar surface area (TPSA) is 158 Å². The van der Waals surface area contributed by atoms with Crippen molar-refractivity contribution in [1.82, 2.24) is 4.90 Å². The Morgan fingerprint density at radius 3 is 2.30 bits per heavy atom. The summed E-state index contributed by atoms with van der Waals surface area (Å²) in [5.41, 5.74) is 3.94. The fraction of sp³-hybridized carbons (Fsp3) is 0.525. The van der Waals surface area contributed by atoms with Crippen LogP contribution in [0.3, 0.4) is 0 Å². The number of nitrogens with zero attached hydrogens (tertiary/aromatic N) is 2. The average molecular weight is 1020 g/mol. The van der Waals surface area contributed by atoms with Crippen LogP contribution < -0.4 is 24.3 Å². The number of aliphatic hydroxyl groups excluding tert-OH is 2. The largest absolute Gasteiger partial charge is 0.497 e. The lowest BCUT2D eigenvalue weighted by Gasteiger charge is -2.60. The van der Waals surface area contributed by atoms with Crippen molar-refractivity contribution >= 4 is 34.2 Å². The number of carbonyl (C=O) groups is 2. The Balaban J connectivity index is 1.36. The SMILES string of the molecule is C=CCO[C@@]12Oc3ccc(OC(=O)Nc4ccc(OC)cc4OC)cc3[C@H]3[C@H](CCCCO)[C@@H](CCCCO)C=C(C(=NOCC)C[C@@H]1N(Cc1cccc4ccccc14)C(=O)CCCCCCCCCCC)[C@H]32. The molecule has 3 N–H and O–H groups in total. The van der Waals surface area contributed by atoms with Crippen LogP contribution >= 0.6 is 0 Å². The Kier molecular flexibility index (Phi) is 21.2. The second-order valence-electron chi connectivity index (χ2n) is 20.0. The molecule has 0 bridgehead atoms. The van der Waals surface area contributed by atoms with Crippen molar-refractivity contribution in [2.45, 2.75) is 147 Å². The Hall–Kier alpha value is -5.89. The van der Waals surface area contributed by atoms with Gasteiger partial charge in [0.05, 0.1) is 38.1 Å². The van der Waals surface area contributed by atoms with E-state index in [4.69, 9.17) is 33.7 Å². The van der Waals surface area contributed by atoms with E-state index in [0.717, 1.165) is 84.6 Å². The van der Waals surface area contributed by atoms with Gasteiger partial charge in [-0.15, -0.1) is 6.58 Å². The molecule has 0 saturated heterocycles. The number of anilines is 1. The number of carbonyl (C=O) groups excluding carboxylic acids is 2. The van der Waals surface area contributed by atoms with Crippen LogP contribution in [0.2, 0.25) is 0 Å². The van der Waals surface area contributed by atoms with Gasteiger partial charge in [-0.05, 0) is 103 Å². The van der Waals surface area contributed by atoms with Crippen LogP contribution in [-0.2, 0) is 20.9 Å². The number of rotatable bonds is 30. The smallest absolute Gasteiger partial charge is 0.417 e. The van der Waals surface area contributed by atoms with Crippen molar-refractivity contribution < 1.29 is 48.3 Å². The molecule has 2 aliphatic carbocycles. The highest BCUT2D eigenvalue weighted by Crippen LogP contribution is 2.62. The number of allylic oxidation sites excluding steroid dienone is 1. The molecule has 13 nitrogen and oxygen atoms in total. The van der Waals surface area contributed by atoms with Crippen molar-refractivity contribution in [3.05, 3.63) is 114 Å². The molecule has 0 radical (unpaired) electrons. The quantitative estimate of drug-likeness (QED) is 0.0261. The fourth-order valence-electron chi connectivity index (χ4n) is 11.7. The molecule has 0 spiro atoms. The Bertz CT molecular complexity index is 2520. The molecular weight excluding hydrogens is 935 g/mol. The summed E-state index contributed by atoms with van der Waals surface area (Å²) in [6, 6.07) is 24.5. The van der Waals surface area contributed by atoms with Crippen molar-refractivity contribution in [2.24, 2.45) is 22.9 Å². The molecule has 13 heteroatoms. The minimum Gasteiger partial charge on any atom is -0.497 e. The first kappa shape index (κ1) is 55.9. The predicted molar refractivity (Wildman–Crippen MR) is 292 cm³/mol. The summed E-state index contributed by atoms with van der Waals surface area (Å²) in [5.74, 6) is -0.400. The number of hydrogen-bond donors (Lipinski definition) is 3. The van der Waals surface area contributed by atoms with Crippen molar-refractivity contribution in [1.29, 1.82) is 0 Å². The molecule has 0 aromatic heterocycles. The van der Waals surface area contributed by atoms with Crippen LogP contribution in [0, 0.1) is 17.8 Å². The summed E-state index contributed by atoms with van der Waals surface area (Å²) in [6.45, 7) is 9.22. The molecule has 0 unspecified atom stereocenters.